The van der Waals surface area contributed by atoms with Crippen molar-refractivity contribution in [2.75, 3.05) is 13.1 Å². The Labute approximate surface area is 192 Å². The van der Waals surface area contributed by atoms with Gasteiger partial charge in [0.1, 0.15) is 0 Å². The normalized spacial score (nSPS) is 20.9. The number of benzene rings is 2. The molecular weight excluding hydrogens is 412 g/mol. The van der Waals surface area contributed by atoms with Gasteiger partial charge in [-0.15, -0.1) is 5.10 Å². The van der Waals surface area contributed by atoms with Crippen molar-refractivity contribution in [3.05, 3.63) is 106 Å². The van der Waals surface area contributed by atoms with E-state index in [1.54, 1.807) is 6.07 Å². The topological polar surface area (TPSA) is 68.8 Å². The van der Waals surface area contributed by atoms with Crippen LogP contribution in [0.5, 0.6) is 0 Å². The maximum atomic E-state index is 12.5. The van der Waals surface area contributed by atoms with E-state index in [-0.39, 0.29) is 11.6 Å². The van der Waals surface area contributed by atoms with Crippen LogP contribution in [0, 0.1) is 12.8 Å². The first-order valence-corrected chi connectivity index (χ1v) is 11.5. The molecule has 2 aliphatic heterocycles. The quantitative estimate of drug-likeness (QED) is 0.489. The molecule has 3 atom stereocenters. The lowest BCUT2D eigenvalue weighted by Gasteiger charge is -2.45. The van der Waals surface area contributed by atoms with Crippen molar-refractivity contribution in [1.82, 2.24) is 29.7 Å². The van der Waals surface area contributed by atoms with Crippen LogP contribution in [0.2, 0.25) is 0 Å². The summed E-state index contributed by atoms with van der Waals surface area (Å²) in [6.45, 7) is 4.61. The molecule has 1 saturated heterocycles. The first kappa shape index (κ1) is 20.1. The van der Waals surface area contributed by atoms with Crippen molar-refractivity contribution in [3.8, 4) is 5.69 Å². The van der Waals surface area contributed by atoms with Crippen molar-refractivity contribution in [1.29, 1.82) is 0 Å². The van der Waals surface area contributed by atoms with Gasteiger partial charge in [0.25, 0.3) is 5.56 Å². The molecule has 166 valence electrons. The predicted molar refractivity (Wildman–Crippen MR) is 125 cm³/mol. The molecule has 2 aromatic carbocycles. The second-order valence-corrected chi connectivity index (χ2v) is 9.20. The van der Waals surface area contributed by atoms with Gasteiger partial charge in [-0.05, 0) is 52.9 Å². The summed E-state index contributed by atoms with van der Waals surface area (Å²) in [6.07, 6.45) is 1.12. The summed E-state index contributed by atoms with van der Waals surface area (Å²) in [5.74, 6) is 1.56. The van der Waals surface area contributed by atoms with Crippen LogP contribution < -0.4 is 5.56 Å². The molecule has 1 unspecified atom stereocenters. The molecule has 4 heterocycles. The lowest BCUT2D eigenvalue weighted by Crippen LogP contribution is -2.48. The molecule has 33 heavy (non-hydrogen) atoms. The van der Waals surface area contributed by atoms with Crippen LogP contribution in [0.1, 0.15) is 41.0 Å². The molecule has 0 radical (unpaired) electrons. The third-order valence-electron chi connectivity index (χ3n) is 7.07. The van der Waals surface area contributed by atoms with Gasteiger partial charge in [-0.2, -0.15) is 4.68 Å². The minimum atomic E-state index is -0.0758. The van der Waals surface area contributed by atoms with E-state index in [4.69, 9.17) is 0 Å². The number of hydrogen-bond acceptors (Lipinski definition) is 5. The van der Waals surface area contributed by atoms with Crippen LogP contribution in [-0.2, 0) is 6.54 Å². The molecule has 4 aromatic rings. The fraction of sp³-hybridized carbons (Fsp3) is 0.308. The molecule has 0 amide bonds. The Bertz CT molecular complexity index is 1340. The molecular formula is C26H26N6O. The molecule has 2 aromatic heterocycles. The summed E-state index contributed by atoms with van der Waals surface area (Å²) in [5.41, 5.74) is 4.55. The van der Waals surface area contributed by atoms with Crippen molar-refractivity contribution < 1.29 is 0 Å². The van der Waals surface area contributed by atoms with Crippen LogP contribution in [-0.4, -0.2) is 42.8 Å². The zero-order valence-corrected chi connectivity index (χ0v) is 18.6. The Morgan fingerprint density at radius 3 is 2.58 bits per heavy atom. The number of para-hydroxylation sites is 1. The molecule has 6 rings (SSSR count). The number of aromatic nitrogens is 5. The molecule has 0 aliphatic carbocycles. The number of fused-ring (bicyclic) bond motifs is 4. The standard InChI is InChI=1S/C26H26N6O/c1-18-8-5-6-11-22(18)32-26(27-28-29-32)25(20-9-3-2-4-10-20)30-15-19-14-21(17-30)23-12-7-13-24(33)31(23)16-19/h2-13,19,21,25H,14-17H2,1H3/t19-,21-,25?/m0/s1. The van der Waals surface area contributed by atoms with Gasteiger partial charge < -0.3 is 4.57 Å². The van der Waals surface area contributed by atoms with Gasteiger partial charge >= 0.3 is 0 Å². The molecule has 2 bridgehead atoms. The Morgan fingerprint density at radius 1 is 0.909 bits per heavy atom. The molecule has 0 N–H and O–H groups in total. The van der Waals surface area contributed by atoms with E-state index in [9.17, 15) is 4.79 Å². The summed E-state index contributed by atoms with van der Waals surface area (Å²) in [5, 5.41) is 13.0. The third kappa shape index (κ3) is 3.49. The van der Waals surface area contributed by atoms with Gasteiger partial charge in [-0.25, -0.2) is 0 Å². The largest absolute Gasteiger partial charge is 0.312 e. The van der Waals surface area contributed by atoms with Gasteiger partial charge in [0.2, 0.25) is 0 Å². The van der Waals surface area contributed by atoms with Crippen LogP contribution in [0.3, 0.4) is 0 Å². The maximum Gasteiger partial charge on any atom is 0.250 e. The lowest BCUT2D eigenvalue weighted by molar-refractivity contribution is 0.0912. The zero-order chi connectivity index (χ0) is 22.4. The van der Waals surface area contributed by atoms with Crippen LogP contribution in [0.15, 0.2) is 77.6 Å². The van der Waals surface area contributed by atoms with Crippen molar-refractivity contribution in [2.45, 2.75) is 31.8 Å². The second-order valence-electron chi connectivity index (χ2n) is 9.20. The van der Waals surface area contributed by atoms with Gasteiger partial charge in [0.05, 0.1) is 11.7 Å². The van der Waals surface area contributed by atoms with Crippen LogP contribution >= 0.6 is 0 Å². The van der Waals surface area contributed by atoms with E-state index >= 15 is 0 Å². The van der Waals surface area contributed by atoms with E-state index in [2.05, 4.69) is 69.8 Å². The maximum absolute atomic E-state index is 12.5. The minimum Gasteiger partial charge on any atom is -0.312 e. The van der Waals surface area contributed by atoms with Gasteiger partial charge in [-0.3, -0.25) is 9.69 Å². The van der Waals surface area contributed by atoms with E-state index in [0.717, 1.165) is 48.8 Å². The van der Waals surface area contributed by atoms with Crippen molar-refractivity contribution in [3.63, 3.8) is 0 Å². The monoisotopic (exact) mass is 438 g/mol. The van der Waals surface area contributed by atoms with Gasteiger partial charge in [0.15, 0.2) is 5.82 Å². The molecule has 7 nitrogen and oxygen atoms in total. The van der Waals surface area contributed by atoms with Gasteiger partial charge in [-0.1, -0.05) is 54.6 Å². The smallest absolute Gasteiger partial charge is 0.250 e. The van der Waals surface area contributed by atoms with Crippen molar-refractivity contribution >= 4 is 0 Å². The number of piperidine rings is 1. The summed E-state index contributed by atoms with van der Waals surface area (Å²) in [6, 6.07) is 24.3. The van der Waals surface area contributed by atoms with Crippen LogP contribution in [0.25, 0.3) is 5.69 Å². The third-order valence-corrected chi connectivity index (χ3v) is 7.07. The SMILES string of the molecule is Cc1ccccc1-n1nnnc1C(c1ccccc1)N1C[C@@H]2C[C@@H](C1)c1cccc(=O)n1C2. The number of hydrogen-bond donors (Lipinski definition) is 0. The average Bonchev–Trinajstić information content (AvgIpc) is 3.30. The van der Waals surface area contributed by atoms with Gasteiger partial charge in [0, 0.05) is 37.3 Å². The summed E-state index contributed by atoms with van der Waals surface area (Å²) in [7, 11) is 0. The average molecular weight is 439 g/mol. The predicted octanol–water partition coefficient (Wildman–Crippen LogP) is 3.34. The van der Waals surface area contributed by atoms with Crippen molar-refractivity contribution in [2.24, 2.45) is 5.92 Å². The van der Waals surface area contributed by atoms with E-state index in [1.807, 2.05) is 33.5 Å². The lowest BCUT2D eigenvalue weighted by atomic mass is 9.82. The number of pyridine rings is 1. The van der Waals surface area contributed by atoms with E-state index in [1.165, 1.54) is 5.56 Å². The molecule has 2 aliphatic rings. The molecule has 0 saturated carbocycles. The fourth-order valence-corrected chi connectivity index (χ4v) is 5.64. The highest BCUT2D eigenvalue weighted by molar-refractivity contribution is 5.41. The highest BCUT2D eigenvalue weighted by atomic mass is 16.1. The summed E-state index contributed by atoms with van der Waals surface area (Å²) in [4.78, 5) is 15.0. The highest BCUT2D eigenvalue weighted by Crippen LogP contribution is 2.40. The molecule has 0 spiro atoms. The van der Waals surface area contributed by atoms with Crippen LogP contribution in [0.4, 0.5) is 0 Å². The Balaban J connectivity index is 1.44. The first-order chi connectivity index (χ1) is 16.2. The van der Waals surface area contributed by atoms with E-state index in [0.29, 0.717) is 11.8 Å². The Kier molecular flexibility index (Phi) is 4.91. The number of aryl methyl sites for hydroxylation is 1. The highest BCUT2D eigenvalue weighted by Gasteiger charge is 2.39. The molecule has 7 heteroatoms. The zero-order valence-electron chi connectivity index (χ0n) is 18.6. The first-order valence-electron chi connectivity index (χ1n) is 11.5. The summed E-state index contributed by atoms with van der Waals surface area (Å²) < 4.78 is 3.86. The van der Waals surface area contributed by atoms with E-state index < -0.39 is 0 Å². The summed E-state index contributed by atoms with van der Waals surface area (Å²) >= 11 is 0. The number of nitrogens with zero attached hydrogens (tertiary/aromatic N) is 6. The number of rotatable bonds is 4. The number of tetrazole rings is 1. The Hall–Kier alpha value is -3.58. The molecule has 1 fully saturated rings. The number of likely N-dealkylation sites (tertiary alicyclic amines) is 1. The fourth-order valence-electron chi connectivity index (χ4n) is 5.64. The second kappa shape index (κ2) is 8.08. The minimum absolute atomic E-state index is 0.0758. The Morgan fingerprint density at radius 2 is 1.73 bits per heavy atom.